The monoisotopic (exact) mass is 201 g/mol. The van der Waals surface area contributed by atoms with Crippen LogP contribution in [0.25, 0.3) is 0 Å². The number of carbonyl (C=O) groups is 1. The van der Waals surface area contributed by atoms with Gasteiger partial charge in [-0.2, -0.15) is 4.39 Å². The zero-order valence-electron chi connectivity index (χ0n) is 7.73. The van der Waals surface area contributed by atoms with Crippen LogP contribution in [0.4, 0.5) is 14.5 Å². The van der Waals surface area contributed by atoms with Crippen LogP contribution in [0.5, 0.6) is 5.75 Å². The van der Waals surface area contributed by atoms with E-state index in [1.165, 1.54) is 6.92 Å². The maximum Gasteiger partial charge on any atom is 0.201 e. The van der Waals surface area contributed by atoms with Gasteiger partial charge in [-0.05, 0) is 6.92 Å². The van der Waals surface area contributed by atoms with Gasteiger partial charge in [0.15, 0.2) is 17.3 Å². The van der Waals surface area contributed by atoms with Gasteiger partial charge in [-0.15, -0.1) is 0 Å². The van der Waals surface area contributed by atoms with Crippen LogP contribution in [0.3, 0.4) is 0 Å². The Labute approximate surface area is 79.5 Å². The van der Waals surface area contributed by atoms with E-state index in [1.807, 2.05) is 0 Å². The van der Waals surface area contributed by atoms with E-state index in [4.69, 9.17) is 5.73 Å². The Kier molecular flexibility index (Phi) is 2.69. The number of nitrogens with two attached hydrogens (primary N) is 1. The molecular weight excluding hydrogens is 192 g/mol. The number of carbonyl (C=O) groups excluding carboxylic acids is 1. The van der Waals surface area contributed by atoms with Crippen molar-refractivity contribution in [3.63, 3.8) is 0 Å². The normalized spacial score (nSPS) is 10.0. The van der Waals surface area contributed by atoms with Gasteiger partial charge in [0.1, 0.15) is 0 Å². The van der Waals surface area contributed by atoms with Crippen molar-refractivity contribution in [2.45, 2.75) is 6.92 Å². The highest BCUT2D eigenvalue weighted by molar-refractivity contribution is 6.01. The molecular formula is C9H9F2NO2. The first-order valence-corrected chi connectivity index (χ1v) is 3.81. The number of halogens is 2. The predicted octanol–water partition coefficient (Wildman–Crippen LogP) is 1.76. The quantitative estimate of drug-likeness (QED) is 0.585. The van der Waals surface area contributed by atoms with Crippen molar-refractivity contribution in [3.05, 3.63) is 23.3 Å². The fourth-order valence-electron chi connectivity index (χ4n) is 1.18. The lowest BCUT2D eigenvalue weighted by Crippen LogP contribution is -2.06. The Morgan fingerprint density at radius 1 is 1.50 bits per heavy atom. The van der Waals surface area contributed by atoms with Gasteiger partial charge in [-0.1, -0.05) is 0 Å². The van der Waals surface area contributed by atoms with Gasteiger partial charge in [-0.3, -0.25) is 4.79 Å². The minimum Gasteiger partial charge on any atom is -0.493 e. The second kappa shape index (κ2) is 3.61. The van der Waals surface area contributed by atoms with Crippen molar-refractivity contribution in [2.24, 2.45) is 0 Å². The second-order valence-electron chi connectivity index (χ2n) is 2.73. The Bertz CT molecular complexity index is 391. The van der Waals surface area contributed by atoms with E-state index in [2.05, 4.69) is 4.74 Å². The van der Waals surface area contributed by atoms with Gasteiger partial charge >= 0.3 is 0 Å². The highest BCUT2D eigenvalue weighted by atomic mass is 19.2. The summed E-state index contributed by atoms with van der Waals surface area (Å²) in [4.78, 5) is 11.1. The van der Waals surface area contributed by atoms with Gasteiger partial charge in [0.05, 0.1) is 12.7 Å². The molecule has 0 bridgehead atoms. The molecule has 0 atom stereocenters. The molecule has 0 unspecified atom stereocenters. The standard InChI is InChI=1S/C9H9F2NO2/c1-4(13)7-6(12)3-5(10)8(11)9(7)14-2/h3H,12H2,1-2H3. The molecule has 1 aromatic carbocycles. The molecule has 0 saturated heterocycles. The number of hydrogen-bond donors (Lipinski definition) is 1. The van der Waals surface area contributed by atoms with Crippen LogP contribution in [0.2, 0.25) is 0 Å². The maximum atomic E-state index is 13.1. The average molecular weight is 201 g/mol. The van der Waals surface area contributed by atoms with Crippen molar-refractivity contribution in [1.29, 1.82) is 0 Å². The summed E-state index contributed by atoms with van der Waals surface area (Å²) in [6.07, 6.45) is 0. The molecule has 5 heteroatoms. The third-order valence-electron chi connectivity index (χ3n) is 1.76. The van der Waals surface area contributed by atoms with E-state index in [-0.39, 0.29) is 11.3 Å². The number of ether oxygens (including phenoxy) is 1. The zero-order valence-corrected chi connectivity index (χ0v) is 7.73. The highest BCUT2D eigenvalue weighted by Gasteiger charge is 2.20. The molecule has 1 aromatic rings. The minimum absolute atomic E-state index is 0.131. The molecule has 0 heterocycles. The maximum absolute atomic E-state index is 13.1. The number of anilines is 1. The van der Waals surface area contributed by atoms with Crippen LogP contribution in [0, 0.1) is 11.6 Å². The summed E-state index contributed by atoms with van der Waals surface area (Å²) in [5.41, 5.74) is 5.10. The van der Waals surface area contributed by atoms with Crippen LogP contribution in [0.15, 0.2) is 6.07 Å². The molecule has 0 aliphatic rings. The SMILES string of the molecule is COc1c(F)c(F)cc(N)c1C(C)=O. The number of benzene rings is 1. The van der Waals surface area contributed by atoms with Gasteiger partial charge in [0.2, 0.25) is 5.82 Å². The van der Waals surface area contributed by atoms with E-state index in [0.717, 1.165) is 13.2 Å². The summed E-state index contributed by atoms with van der Waals surface area (Å²) < 4.78 is 30.5. The molecule has 0 aliphatic carbocycles. The predicted molar refractivity (Wildman–Crippen MR) is 47.3 cm³/mol. The summed E-state index contributed by atoms with van der Waals surface area (Å²) in [5, 5.41) is 0. The minimum atomic E-state index is -1.20. The van der Waals surface area contributed by atoms with Crippen LogP contribution < -0.4 is 10.5 Å². The Morgan fingerprint density at radius 3 is 2.50 bits per heavy atom. The molecule has 0 radical (unpaired) electrons. The highest BCUT2D eigenvalue weighted by Crippen LogP contribution is 2.30. The first kappa shape index (κ1) is 10.4. The molecule has 0 spiro atoms. The number of ketones is 1. The molecule has 0 saturated carbocycles. The molecule has 2 N–H and O–H groups in total. The average Bonchev–Trinajstić information content (AvgIpc) is 2.09. The zero-order chi connectivity index (χ0) is 10.9. The smallest absolute Gasteiger partial charge is 0.201 e. The molecule has 14 heavy (non-hydrogen) atoms. The number of nitrogen functional groups attached to an aromatic ring is 1. The van der Waals surface area contributed by atoms with E-state index in [0.29, 0.717) is 0 Å². The van der Waals surface area contributed by atoms with Crippen LogP contribution in [-0.4, -0.2) is 12.9 Å². The first-order valence-electron chi connectivity index (χ1n) is 3.81. The molecule has 76 valence electrons. The lowest BCUT2D eigenvalue weighted by atomic mass is 10.1. The third-order valence-corrected chi connectivity index (χ3v) is 1.76. The van der Waals surface area contributed by atoms with Gasteiger partial charge in [0.25, 0.3) is 0 Å². The number of Topliss-reactive ketones (excluding diaryl/α,β-unsaturated/α-hetero) is 1. The largest absolute Gasteiger partial charge is 0.493 e. The summed E-state index contributed by atoms with van der Waals surface area (Å²) >= 11 is 0. The molecule has 1 rings (SSSR count). The first-order chi connectivity index (χ1) is 6.49. The van der Waals surface area contributed by atoms with Gasteiger partial charge in [0, 0.05) is 11.8 Å². The molecule has 0 aromatic heterocycles. The van der Waals surface area contributed by atoms with Crippen LogP contribution in [0.1, 0.15) is 17.3 Å². The second-order valence-corrected chi connectivity index (χ2v) is 2.73. The van der Waals surface area contributed by atoms with Crippen molar-refractivity contribution in [2.75, 3.05) is 12.8 Å². The summed E-state index contributed by atoms with van der Waals surface area (Å²) in [5.74, 6) is -3.26. The van der Waals surface area contributed by atoms with E-state index in [9.17, 15) is 13.6 Å². The Balaban J connectivity index is 3.55. The topological polar surface area (TPSA) is 52.3 Å². The summed E-state index contributed by atoms with van der Waals surface area (Å²) in [6.45, 7) is 1.20. The number of methoxy groups -OCH3 is 1. The van der Waals surface area contributed by atoms with E-state index < -0.39 is 23.2 Å². The summed E-state index contributed by atoms with van der Waals surface area (Å²) in [6, 6.07) is 0.759. The Hall–Kier alpha value is -1.65. The van der Waals surface area contributed by atoms with Crippen LogP contribution >= 0.6 is 0 Å². The van der Waals surface area contributed by atoms with Crippen LogP contribution in [-0.2, 0) is 0 Å². The third kappa shape index (κ3) is 1.53. The van der Waals surface area contributed by atoms with Crippen molar-refractivity contribution >= 4 is 11.5 Å². The van der Waals surface area contributed by atoms with E-state index >= 15 is 0 Å². The number of rotatable bonds is 2. The fraction of sp³-hybridized carbons (Fsp3) is 0.222. The molecule has 0 aliphatic heterocycles. The lowest BCUT2D eigenvalue weighted by Gasteiger charge is -2.09. The molecule has 0 amide bonds. The van der Waals surface area contributed by atoms with Gasteiger partial charge < -0.3 is 10.5 Å². The lowest BCUT2D eigenvalue weighted by molar-refractivity contribution is 0.101. The number of hydrogen-bond acceptors (Lipinski definition) is 3. The van der Waals surface area contributed by atoms with E-state index in [1.54, 1.807) is 0 Å². The Morgan fingerprint density at radius 2 is 2.07 bits per heavy atom. The van der Waals surface area contributed by atoms with Gasteiger partial charge in [-0.25, -0.2) is 4.39 Å². The van der Waals surface area contributed by atoms with Crippen molar-refractivity contribution < 1.29 is 18.3 Å². The van der Waals surface area contributed by atoms with Crippen molar-refractivity contribution in [3.8, 4) is 5.75 Å². The fourth-order valence-corrected chi connectivity index (χ4v) is 1.18. The molecule has 3 nitrogen and oxygen atoms in total. The molecule has 0 fully saturated rings. The van der Waals surface area contributed by atoms with Crippen molar-refractivity contribution in [1.82, 2.24) is 0 Å². The summed E-state index contributed by atoms with van der Waals surface area (Å²) in [7, 11) is 1.14.